The van der Waals surface area contributed by atoms with E-state index in [0.29, 0.717) is 31.3 Å². The largest absolute Gasteiger partial charge is 0.342 e. The molecule has 0 unspecified atom stereocenters. The Morgan fingerprint density at radius 1 is 1.30 bits per heavy atom. The smallest absolute Gasteiger partial charge is 0.277 e. The Morgan fingerprint density at radius 2 is 2.00 bits per heavy atom. The number of halogens is 1. The quantitative estimate of drug-likeness (QED) is 0.846. The Kier molecular flexibility index (Phi) is 4.11. The van der Waals surface area contributed by atoms with E-state index < -0.39 is 5.82 Å². The summed E-state index contributed by atoms with van der Waals surface area (Å²) in [5.41, 5.74) is 0.00214. The Hall–Kier alpha value is -2.31. The molecule has 23 heavy (non-hydrogen) atoms. The van der Waals surface area contributed by atoms with Gasteiger partial charge in [-0.1, -0.05) is 19.1 Å². The molecule has 0 radical (unpaired) electrons. The van der Waals surface area contributed by atoms with Crippen molar-refractivity contribution in [3.05, 3.63) is 34.4 Å². The van der Waals surface area contributed by atoms with Gasteiger partial charge in [0.15, 0.2) is 0 Å². The number of rotatable bonds is 2. The zero-order valence-corrected chi connectivity index (χ0v) is 13.2. The number of amides is 1. The lowest BCUT2D eigenvalue weighted by atomic mass is 10.0. The van der Waals surface area contributed by atoms with Gasteiger partial charge in [0.1, 0.15) is 11.3 Å². The van der Waals surface area contributed by atoms with E-state index in [4.69, 9.17) is 0 Å². The lowest BCUT2D eigenvalue weighted by Gasteiger charge is -2.33. The third kappa shape index (κ3) is 2.95. The molecule has 1 aliphatic heterocycles. The van der Waals surface area contributed by atoms with E-state index in [0.717, 1.165) is 0 Å². The summed E-state index contributed by atoms with van der Waals surface area (Å²) >= 11 is 0. The van der Waals surface area contributed by atoms with Gasteiger partial charge >= 0.3 is 0 Å². The molecule has 3 rings (SSSR count). The summed E-state index contributed by atoms with van der Waals surface area (Å²) in [4.78, 5) is 26.4. The molecule has 1 aromatic heterocycles. The summed E-state index contributed by atoms with van der Waals surface area (Å²) < 4.78 is 14.6. The number of hydrogen-bond donors (Lipinski definition) is 0. The fourth-order valence-corrected chi connectivity index (χ4v) is 2.96. The van der Waals surface area contributed by atoms with Gasteiger partial charge < -0.3 is 4.90 Å². The topological polar surface area (TPSA) is 68.1 Å². The molecule has 0 saturated carbocycles. The van der Waals surface area contributed by atoms with Crippen molar-refractivity contribution in [1.29, 1.82) is 0 Å². The van der Waals surface area contributed by atoms with Gasteiger partial charge in [0.25, 0.3) is 5.56 Å². The lowest BCUT2D eigenvalue weighted by molar-refractivity contribution is -0.135. The predicted molar refractivity (Wildman–Crippen MR) is 83.4 cm³/mol. The van der Waals surface area contributed by atoms with E-state index in [1.807, 2.05) is 18.7 Å². The Morgan fingerprint density at radius 3 is 2.65 bits per heavy atom. The molecule has 1 fully saturated rings. The number of benzene rings is 1. The molecule has 1 saturated heterocycles. The third-order valence-corrected chi connectivity index (χ3v) is 4.26. The second kappa shape index (κ2) is 6.06. The highest BCUT2D eigenvalue weighted by Crippen LogP contribution is 2.22. The van der Waals surface area contributed by atoms with E-state index in [-0.39, 0.29) is 28.9 Å². The molecule has 2 aromatic rings. The molecule has 122 valence electrons. The van der Waals surface area contributed by atoms with Crippen LogP contribution in [-0.4, -0.2) is 38.9 Å². The third-order valence-electron chi connectivity index (χ3n) is 4.26. The first-order valence-electron chi connectivity index (χ1n) is 7.81. The molecule has 0 spiro atoms. The number of hydrogen-bond acceptors (Lipinski definition) is 4. The number of carbonyl (C=O) groups excluding carboxylic acids is 1. The number of aromatic nitrogens is 3. The van der Waals surface area contributed by atoms with Gasteiger partial charge in [-0.25, -0.2) is 9.07 Å². The minimum atomic E-state index is -0.440. The van der Waals surface area contributed by atoms with Crippen molar-refractivity contribution in [3.8, 4) is 0 Å². The van der Waals surface area contributed by atoms with Gasteiger partial charge in [-0.2, -0.15) is 0 Å². The number of piperidine rings is 1. The van der Waals surface area contributed by atoms with Crippen LogP contribution >= 0.6 is 0 Å². The second-order valence-corrected chi connectivity index (χ2v) is 6.21. The van der Waals surface area contributed by atoms with Gasteiger partial charge in [-0.15, -0.1) is 5.10 Å². The molecule has 0 N–H and O–H groups in total. The van der Waals surface area contributed by atoms with Gasteiger partial charge in [0.05, 0.1) is 11.4 Å². The lowest BCUT2D eigenvalue weighted by Crippen LogP contribution is -2.43. The van der Waals surface area contributed by atoms with Crippen molar-refractivity contribution in [2.75, 3.05) is 13.1 Å². The van der Waals surface area contributed by atoms with Crippen molar-refractivity contribution in [2.24, 2.45) is 5.92 Å². The average Bonchev–Trinajstić information content (AvgIpc) is 2.54. The monoisotopic (exact) mass is 318 g/mol. The molecule has 2 heterocycles. The molecule has 1 aliphatic rings. The minimum absolute atomic E-state index is 0.0235. The van der Waals surface area contributed by atoms with E-state index in [9.17, 15) is 14.0 Å². The van der Waals surface area contributed by atoms with Gasteiger partial charge in [-0.05, 0) is 25.0 Å². The second-order valence-electron chi connectivity index (χ2n) is 6.21. The highest BCUT2D eigenvalue weighted by atomic mass is 19.1. The predicted octanol–water partition coefficient (Wildman–Crippen LogP) is 1.75. The summed E-state index contributed by atoms with van der Waals surface area (Å²) in [6.07, 6.45) is 1.33. The summed E-state index contributed by atoms with van der Waals surface area (Å²) in [5.74, 6) is -0.329. The minimum Gasteiger partial charge on any atom is -0.342 e. The first kappa shape index (κ1) is 15.6. The normalized spacial score (nSPS) is 16.3. The Bertz CT molecular complexity index is 794. The summed E-state index contributed by atoms with van der Waals surface area (Å²) in [5, 5.41) is 8.28. The van der Waals surface area contributed by atoms with Crippen molar-refractivity contribution in [2.45, 2.75) is 32.7 Å². The molecule has 7 heteroatoms. The van der Waals surface area contributed by atoms with E-state index in [1.54, 1.807) is 0 Å². The Balaban J connectivity index is 1.83. The highest BCUT2D eigenvalue weighted by molar-refractivity contribution is 5.78. The van der Waals surface area contributed by atoms with Gasteiger partial charge in [-0.3, -0.25) is 9.59 Å². The van der Waals surface area contributed by atoms with Crippen LogP contribution in [0.5, 0.6) is 0 Å². The number of likely N-dealkylation sites (tertiary alicyclic amines) is 1. The van der Waals surface area contributed by atoms with Crippen LogP contribution in [0.4, 0.5) is 4.39 Å². The fraction of sp³-hybridized carbons (Fsp3) is 0.500. The molecule has 1 aromatic carbocycles. The van der Waals surface area contributed by atoms with Crippen LogP contribution in [0.15, 0.2) is 23.0 Å². The summed E-state index contributed by atoms with van der Waals surface area (Å²) in [6.45, 7) is 4.98. The maximum absolute atomic E-state index is 13.2. The van der Waals surface area contributed by atoms with E-state index in [2.05, 4.69) is 10.3 Å². The van der Waals surface area contributed by atoms with Crippen LogP contribution in [-0.2, 0) is 4.79 Å². The zero-order chi connectivity index (χ0) is 16.6. The molecular formula is C16H19FN4O2. The van der Waals surface area contributed by atoms with Crippen molar-refractivity contribution in [1.82, 2.24) is 19.9 Å². The maximum Gasteiger partial charge on any atom is 0.277 e. The molecule has 6 nitrogen and oxygen atoms in total. The van der Waals surface area contributed by atoms with Gasteiger partial charge in [0, 0.05) is 25.1 Å². The highest BCUT2D eigenvalue weighted by Gasteiger charge is 2.26. The summed E-state index contributed by atoms with van der Waals surface area (Å²) in [6, 6.07) is 3.81. The number of carbonyl (C=O) groups is 1. The molecular weight excluding hydrogens is 299 g/mol. The van der Waals surface area contributed by atoms with Crippen LogP contribution in [0, 0.1) is 11.7 Å². The van der Waals surface area contributed by atoms with Crippen LogP contribution in [0.25, 0.3) is 10.9 Å². The number of nitrogens with zero attached hydrogens (tertiary/aromatic N) is 4. The van der Waals surface area contributed by atoms with E-state index >= 15 is 0 Å². The molecule has 0 aliphatic carbocycles. The van der Waals surface area contributed by atoms with Crippen LogP contribution in [0.3, 0.4) is 0 Å². The SMILES string of the molecule is CC(C)C(=O)N1CCC(n2nnc3cc(F)ccc3c2=O)CC1. The fourth-order valence-electron chi connectivity index (χ4n) is 2.96. The van der Waals surface area contributed by atoms with Crippen molar-refractivity contribution < 1.29 is 9.18 Å². The molecule has 0 atom stereocenters. The first-order chi connectivity index (χ1) is 11.0. The van der Waals surface area contributed by atoms with Crippen LogP contribution < -0.4 is 5.56 Å². The average molecular weight is 318 g/mol. The van der Waals surface area contributed by atoms with Crippen molar-refractivity contribution in [3.63, 3.8) is 0 Å². The van der Waals surface area contributed by atoms with Crippen molar-refractivity contribution >= 4 is 16.8 Å². The van der Waals surface area contributed by atoms with Crippen LogP contribution in [0.1, 0.15) is 32.7 Å². The Labute approximate surface area is 132 Å². The van der Waals surface area contributed by atoms with Crippen LogP contribution in [0.2, 0.25) is 0 Å². The molecule has 0 bridgehead atoms. The standard InChI is InChI=1S/C16H19FN4O2/c1-10(2)15(22)20-7-5-12(6-8-20)21-16(23)13-4-3-11(17)9-14(13)18-19-21/h3-4,9-10,12H,5-8H2,1-2H3. The zero-order valence-electron chi connectivity index (χ0n) is 13.2. The summed E-state index contributed by atoms with van der Waals surface area (Å²) in [7, 11) is 0. The van der Waals surface area contributed by atoms with E-state index in [1.165, 1.54) is 22.9 Å². The maximum atomic E-state index is 13.2. The first-order valence-corrected chi connectivity index (χ1v) is 7.81. The van der Waals surface area contributed by atoms with Gasteiger partial charge in [0.2, 0.25) is 5.91 Å². The molecule has 1 amide bonds. The number of fused-ring (bicyclic) bond motifs is 1.